The second kappa shape index (κ2) is 8.98. The molecule has 0 unspecified atom stereocenters. The average molecular weight is 450 g/mol. The van der Waals surface area contributed by atoms with Gasteiger partial charge < -0.3 is 10.6 Å². The van der Waals surface area contributed by atoms with Gasteiger partial charge in [-0.3, -0.25) is 4.72 Å². The molecule has 2 heterocycles. The molecule has 0 radical (unpaired) electrons. The van der Waals surface area contributed by atoms with Crippen LogP contribution < -0.4 is 15.4 Å². The van der Waals surface area contributed by atoms with E-state index in [1.807, 2.05) is 18.2 Å². The first-order chi connectivity index (χ1) is 15.4. The Morgan fingerprint density at radius 3 is 2.12 bits per heavy atom. The molecule has 8 nitrogen and oxygen atoms in total. The van der Waals surface area contributed by atoms with Crippen molar-refractivity contribution < 1.29 is 12.8 Å². The van der Waals surface area contributed by atoms with E-state index in [1.54, 1.807) is 43.5 Å². The Labute approximate surface area is 184 Å². The SMILES string of the molecule is Cc1nc(Nc2ccc(NS(=O)(=O)c3ccccc3F)cc2)cc(Nc2ccccn2)n1. The van der Waals surface area contributed by atoms with Gasteiger partial charge in [0, 0.05) is 23.6 Å². The number of hydrogen-bond donors (Lipinski definition) is 3. The Morgan fingerprint density at radius 1 is 0.781 bits per heavy atom. The zero-order valence-electron chi connectivity index (χ0n) is 16.9. The van der Waals surface area contributed by atoms with Crippen LogP contribution >= 0.6 is 0 Å². The number of nitrogens with one attached hydrogen (secondary N) is 3. The highest BCUT2D eigenvalue weighted by Crippen LogP contribution is 2.23. The third-order valence-corrected chi connectivity index (χ3v) is 5.71. The van der Waals surface area contributed by atoms with E-state index in [9.17, 15) is 12.8 Å². The lowest BCUT2D eigenvalue weighted by molar-refractivity contribution is 0.570. The third kappa shape index (κ3) is 5.16. The molecule has 2 aromatic carbocycles. The van der Waals surface area contributed by atoms with Crippen LogP contribution in [0.5, 0.6) is 0 Å². The van der Waals surface area contributed by atoms with Gasteiger partial charge in [0.2, 0.25) is 0 Å². The van der Waals surface area contributed by atoms with E-state index in [-0.39, 0.29) is 0 Å². The van der Waals surface area contributed by atoms with Crippen LogP contribution in [-0.4, -0.2) is 23.4 Å². The van der Waals surface area contributed by atoms with E-state index in [0.717, 1.165) is 6.07 Å². The molecule has 162 valence electrons. The normalized spacial score (nSPS) is 11.1. The maximum atomic E-state index is 13.8. The van der Waals surface area contributed by atoms with Crippen LogP contribution in [-0.2, 0) is 10.0 Å². The van der Waals surface area contributed by atoms with Crippen molar-refractivity contribution >= 4 is 38.9 Å². The van der Waals surface area contributed by atoms with E-state index >= 15 is 0 Å². The number of aromatic nitrogens is 3. The predicted molar refractivity (Wildman–Crippen MR) is 121 cm³/mol. The summed E-state index contributed by atoms with van der Waals surface area (Å²) in [4.78, 5) is 12.5. The second-order valence-electron chi connectivity index (χ2n) is 6.76. The highest BCUT2D eigenvalue weighted by atomic mass is 32.2. The molecule has 2 aromatic heterocycles. The summed E-state index contributed by atoms with van der Waals surface area (Å²) in [6.07, 6.45) is 1.68. The highest BCUT2D eigenvalue weighted by Gasteiger charge is 2.18. The van der Waals surface area contributed by atoms with Gasteiger partial charge in [-0.1, -0.05) is 18.2 Å². The van der Waals surface area contributed by atoms with Crippen molar-refractivity contribution in [1.29, 1.82) is 0 Å². The first-order valence-electron chi connectivity index (χ1n) is 9.57. The molecule has 0 amide bonds. The van der Waals surface area contributed by atoms with Gasteiger partial charge in [-0.05, 0) is 55.5 Å². The number of pyridine rings is 1. The minimum atomic E-state index is -4.04. The Morgan fingerprint density at radius 2 is 1.44 bits per heavy atom. The van der Waals surface area contributed by atoms with Crippen LogP contribution in [0.15, 0.2) is 83.9 Å². The lowest BCUT2D eigenvalue weighted by Crippen LogP contribution is -2.14. The summed E-state index contributed by atoms with van der Waals surface area (Å²) in [5.41, 5.74) is 0.982. The largest absolute Gasteiger partial charge is 0.340 e. The van der Waals surface area contributed by atoms with Gasteiger partial charge in [0.1, 0.15) is 34.0 Å². The molecule has 32 heavy (non-hydrogen) atoms. The van der Waals surface area contributed by atoms with E-state index in [0.29, 0.717) is 34.7 Å². The molecular weight excluding hydrogens is 431 g/mol. The topological polar surface area (TPSA) is 109 Å². The number of halogens is 1. The first-order valence-corrected chi connectivity index (χ1v) is 11.1. The second-order valence-corrected chi connectivity index (χ2v) is 8.41. The molecule has 0 aliphatic heterocycles. The summed E-state index contributed by atoms with van der Waals surface area (Å²) < 4.78 is 41.1. The number of rotatable bonds is 7. The summed E-state index contributed by atoms with van der Waals surface area (Å²) in [5, 5.41) is 6.27. The van der Waals surface area contributed by atoms with Gasteiger partial charge in [-0.15, -0.1) is 0 Å². The number of benzene rings is 2. The number of hydrogen-bond acceptors (Lipinski definition) is 7. The minimum absolute atomic E-state index is 0.301. The van der Waals surface area contributed by atoms with Gasteiger partial charge in [0.05, 0.1) is 0 Å². The van der Waals surface area contributed by atoms with Crippen LogP contribution in [0.3, 0.4) is 0 Å². The molecule has 0 saturated carbocycles. The number of aryl methyl sites for hydroxylation is 1. The van der Waals surface area contributed by atoms with Gasteiger partial charge in [0.25, 0.3) is 10.0 Å². The molecule has 0 spiro atoms. The van der Waals surface area contributed by atoms with Crippen molar-refractivity contribution in [1.82, 2.24) is 15.0 Å². The maximum Gasteiger partial charge on any atom is 0.264 e. The molecule has 0 atom stereocenters. The molecule has 10 heteroatoms. The molecule has 3 N–H and O–H groups in total. The average Bonchev–Trinajstić information content (AvgIpc) is 2.75. The molecule has 0 aliphatic carbocycles. The summed E-state index contributed by atoms with van der Waals surface area (Å²) >= 11 is 0. The Hall–Kier alpha value is -4.05. The van der Waals surface area contributed by atoms with Crippen LogP contribution in [0.2, 0.25) is 0 Å². The van der Waals surface area contributed by atoms with Crippen molar-refractivity contribution in [2.45, 2.75) is 11.8 Å². The van der Waals surface area contributed by atoms with E-state index in [4.69, 9.17) is 0 Å². The molecule has 0 bridgehead atoms. The summed E-state index contributed by atoms with van der Waals surface area (Å²) in [5.74, 6) is 1.53. The Kier molecular flexibility index (Phi) is 5.95. The highest BCUT2D eigenvalue weighted by molar-refractivity contribution is 7.92. The Balaban J connectivity index is 1.48. The van der Waals surface area contributed by atoms with E-state index in [2.05, 4.69) is 30.3 Å². The molecule has 4 aromatic rings. The number of sulfonamides is 1. The summed E-state index contributed by atoms with van der Waals surface area (Å²) in [6, 6.07) is 19.0. The molecule has 0 fully saturated rings. The van der Waals surface area contributed by atoms with Crippen molar-refractivity contribution in [3.05, 3.63) is 90.6 Å². The van der Waals surface area contributed by atoms with Gasteiger partial charge in [-0.25, -0.2) is 27.8 Å². The van der Waals surface area contributed by atoms with Gasteiger partial charge in [0.15, 0.2) is 0 Å². The van der Waals surface area contributed by atoms with Crippen LogP contribution in [0, 0.1) is 12.7 Å². The fourth-order valence-corrected chi connectivity index (χ4v) is 4.04. The number of nitrogens with zero attached hydrogens (tertiary/aromatic N) is 3. The fraction of sp³-hybridized carbons (Fsp3) is 0.0455. The first kappa shape index (κ1) is 21.2. The predicted octanol–water partition coefficient (Wildman–Crippen LogP) is 4.61. The molecule has 4 rings (SSSR count). The molecule has 0 saturated heterocycles. The number of anilines is 5. The van der Waals surface area contributed by atoms with Gasteiger partial charge in [-0.2, -0.15) is 0 Å². The minimum Gasteiger partial charge on any atom is -0.340 e. The third-order valence-electron chi connectivity index (χ3n) is 4.29. The quantitative estimate of drug-likeness (QED) is 0.377. The Bertz CT molecular complexity index is 1330. The van der Waals surface area contributed by atoms with Crippen LogP contribution in [0.4, 0.5) is 33.2 Å². The zero-order valence-corrected chi connectivity index (χ0v) is 17.8. The standard InChI is InChI=1S/C22H19FN6O2S/c1-15-25-21(14-22(26-15)28-20-8-4-5-13-24-20)27-16-9-11-17(12-10-16)29-32(30,31)19-7-3-2-6-18(19)23/h2-14,29H,1H3,(H2,24,25,26,27,28). The van der Waals surface area contributed by atoms with Crippen LogP contribution in [0.1, 0.15) is 5.82 Å². The molecular formula is C22H19FN6O2S. The van der Waals surface area contributed by atoms with Gasteiger partial charge >= 0.3 is 0 Å². The molecule has 0 aliphatic rings. The van der Waals surface area contributed by atoms with Crippen molar-refractivity contribution in [3.8, 4) is 0 Å². The van der Waals surface area contributed by atoms with Crippen LogP contribution in [0.25, 0.3) is 0 Å². The van der Waals surface area contributed by atoms with E-state index in [1.165, 1.54) is 18.2 Å². The van der Waals surface area contributed by atoms with E-state index < -0.39 is 20.7 Å². The van der Waals surface area contributed by atoms with Crippen molar-refractivity contribution in [2.75, 3.05) is 15.4 Å². The smallest absolute Gasteiger partial charge is 0.264 e. The lowest BCUT2D eigenvalue weighted by Gasteiger charge is -2.11. The lowest BCUT2D eigenvalue weighted by atomic mass is 10.3. The summed E-state index contributed by atoms with van der Waals surface area (Å²) in [7, 11) is -4.04. The maximum absolute atomic E-state index is 13.8. The van der Waals surface area contributed by atoms with Crippen molar-refractivity contribution in [3.63, 3.8) is 0 Å². The van der Waals surface area contributed by atoms with Crippen molar-refractivity contribution in [2.24, 2.45) is 0 Å². The zero-order chi connectivity index (χ0) is 22.6. The fourth-order valence-electron chi connectivity index (χ4n) is 2.91. The summed E-state index contributed by atoms with van der Waals surface area (Å²) in [6.45, 7) is 1.77. The monoisotopic (exact) mass is 450 g/mol.